The van der Waals surface area contributed by atoms with Crippen molar-refractivity contribution in [3.05, 3.63) is 22.2 Å². The molecule has 0 bridgehead atoms. The molecule has 0 unspecified atom stereocenters. The summed E-state index contributed by atoms with van der Waals surface area (Å²) in [5.74, 6) is 2.55. The summed E-state index contributed by atoms with van der Waals surface area (Å²) in [5, 5.41) is 3.17. The zero-order valence-electron chi connectivity index (χ0n) is 9.88. The normalized spacial score (nSPS) is 10.4. The molecular formula is C11H19N3OS. The van der Waals surface area contributed by atoms with Gasteiger partial charge in [0.15, 0.2) is 0 Å². The van der Waals surface area contributed by atoms with Gasteiger partial charge in [0.25, 0.3) is 5.56 Å². The minimum absolute atomic E-state index is 0.0996. The molecule has 0 aliphatic heterocycles. The summed E-state index contributed by atoms with van der Waals surface area (Å²) in [7, 11) is 0. The highest BCUT2D eigenvalue weighted by Crippen LogP contribution is 2.03. The molecule has 0 aliphatic carbocycles. The zero-order chi connectivity index (χ0) is 11.8. The summed E-state index contributed by atoms with van der Waals surface area (Å²) >= 11 is 1.88. The Kier molecular flexibility index (Phi) is 6.00. The standard InChI is InChI=1S/C11H19N3OS/c1-9-13-10(8-11(15)14-9)12-6-4-3-5-7-16-2/h8H,3-7H2,1-2H3,(H2,12,13,14,15). The molecule has 0 fully saturated rings. The number of hydrogen-bond donors (Lipinski definition) is 2. The van der Waals surface area contributed by atoms with Crippen LogP contribution in [0.5, 0.6) is 0 Å². The molecule has 90 valence electrons. The Morgan fingerprint density at radius 1 is 1.44 bits per heavy atom. The first-order valence-corrected chi connectivity index (χ1v) is 6.92. The van der Waals surface area contributed by atoms with E-state index >= 15 is 0 Å². The predicted molar refractivity (Wildman–Crippen MR) is 70.3 cm³/mol. The highest BCUT2D eigenvalue weighted by molar-refractivity contribution is 7.98. The van der Waals surface area contributed by atoms with Crippen molar-refractivity contribution in [1.82, 2.24) is 9.97 Å². The molecule has 4 nitrogen and oxygen atoms in total. The van der Waals surface area contributed by atoms with E-state index in [-0.39, 0.29) is 5.56 Å². The number of unbranched alkanes of at least 4 members (excludes halogenated alkanes) is 2. The number of aromatic nitrogens is 2. The first-order chi connectivity index (χ1) is 7.72. The highest BCUT2D eigenvalue weighted by Gasteiger charge is 1.96. The van der Waals surface area contributed by atoms with E-state index in [1.165, 1.54) is 24.7 Å². The highest BCUT2D eigenvalue weighted by atomic mass is 32.2. The third-order valence-corrected chi connectivity index (χ3v) is 2.89. The average Bonchev–Trinajstić information content (AvgIpc) is 2.22. The van der Waals surface area contributed by atoms with Crippen molar-refractivity contribution in [3.63, 3.8) is 0 Å². The number of H-pyrrole nitrogens is 1. The average molecular weight is 241 g/mol. The lowest BCUT2D eigenvalue weighted by atomic mass is 10.2. The second-order valence-corrected chi connectivity index (χ2v) is 4.68. The van der Waals surface area contributed by atoms with Crippen molar-refractivity contribution >= 4 is 17.6 Å². The fraction of sp³-hybridized carbons (Fsp3) is 0.636. The fourth-order valence-corrected chi connectivity index (χ4v) is 1.93. The third kappa shape index (κ3) is 5.21. The summed E-state index contributed by atoms with van der Waals surface area (Å²) in [6.07, 6.45) is 5.72. The Hall–Kier alpha value is -0.970. The van der Waals surface area contributed by atoms with Crippen LogP contribution in [0.1, 0.15) is 25.1 Å². The summed E-state index contributed by atoms with van der Waals surface area (Å²) < 4.78 is 0. The maximum absolute atomic E-state index is 11.1. The van der Waals surface area contributed by atoms with Crippen molar-refractivity contribution < 1.29 is 0 Å². The fourth-order valence-electron chi connectivity index (χ4n) is 1.43. The SMILES string of the molecule is CSCCCCCNc1cc(=O)[nH]c(C)n1. The molecular weight excluding hydrogens is 222 g/mol. The van der Waals surface area contributed by atoms with E-state index in [9.17, 15) is 4.79 Å². The first-order valence-electron chi connectivity index (χ1n) is 5.53. The molecule has 0 aliphatic rings. The smallest absolute Gasteiger partial charge is 0.252 e. The summed E-state index contributed by atoms with van der Waals surface area (Å²) in [4.78, 5) is 18.0. The van der Waals surface area contributed by atoms with Gasteiger partial charge in [0.2, 0.25) is 0 Å². The van der Waals surface area contributed by atoms with E-state index < -0.39 is 0 Å². The minimum Gasteiger partial charge on any atom is -0.370 e. The van der Waals surface area contributed by atoms with Crippen LogP contribution in [-0.4, -0.2) is 28.5 Å². The Balaban J connectivity index is 2.24. The second kappa shape index (κ2) is 7.33. The summed E-state index contributed by atoms with van der Waals surface area (Å²) in [5.41, 5.74) is -0.0996. The van der Waals surface area contributed by atoms with Gasteiger partial charge < -0.3 is 10.3 Å². The van der Waals surface area contributed by atoms with Crippen molar-refractivity contribution in [3.8, 4) is 0 Å². The maximum Gasteiger partial charge on any atom is 0.252 e. The lowest BCUT2D eigenvalue weighted by Crippen LogP contribution is -2.12. The summed E-state index contributed by atoms with van der Waals surface area (Å²) in [6, 6.07) is 1.49. The Morgan fingerprint density at radius 2 is 2.25 bits per heavy atom. The largest absolute Gasteiger partial charge is 0.370 e. The van der Waals surface area contributed by atoms with E-state index in [2.05, 4.69) is 21.5 Å². The van der Waals surface area contributed by atoms with Gasteiger partial charge in [0, 0.05) is 12.6 Å². The number of aromatic amines is 1. The van der Waals surface area contributed by atoms with Gasteiger partial charge in [-0.15, -0.1) is 0 Å². The van der Waals surface area contributed by atoms with Gasteiger partial charge in [-0.2, -0.15) is 11.8 Å². The van der Waals surface area contributed by atoms with Crippen LogP contribution in [0.3, 0.4) is 0 Å². The topological polar surface area (TPSA) is 57.8 Å². The van der Waals surface area contributed by atoms with Crippen LogP contribution < -0.4 is 10.9 Å². The molecule has 2 N–H and O–H groups in total. The van der Waals surface area contributed by atoms with Gasteiger partial charge in [-0.25, -0.2) is 4.98 Å². The molecule has 0 saturated heterocycles. The number of hydrogen-bond acceptors (Lipinski definition) is 4. The second-order valence-electron chi connectivity index (χ2n) is 3.70. The van der Waals surface area contributed by atoms with Crippen molar-refractivity contribution in [2.45, 2.75) is 26.2 Å². The van der Waals surface area contributed by atoms with Gasteiger partial charge in [-0.3, -0.25) is 4.79 Å². The Labute approximate surface area is 100 Å². The number of aryl methyl sites for hydroxylation is 1. The van der Waals surface area contributed by atoms with E-state index in [0.717, 1.165) is 13.0 Å². The minimum atomic E-state index is -0.0996. The van der Waals surface area contributed by atoms with Crippen molar-refractivity contribution in [2.75, 3.05) is 23.9 Å². The Morgan fingerprint density at radius 3 is 2.94 bits per heavy atom. The molecule has 0 amide bonds. The van der Waals surface area contributed by atoms with Gasteiger partial charge >= 0.3 is 0 Å². The van der Waals surface area contributed by atoms with E-state index in [0.29, 0.717) is 11.6 Å². The molecule has 1 aromatic rings. The lowest BCUT2D eigenvalue weighted by Gasteiger charge is -2.05. The van der Waals surface area contributed by atoms with Crippen LogP contribution in [-0.2, 0) is 0 Å². The van der Waals surface area contributed by atoms with Crippen LogP contribution >= 0.6 is 11.8 Å². The zero-order valence-corrected chi connectivity index (χ0v) is 10.7. The van der Waals surface area contributed by atoms with E-state index in [1.807, 2.05) is 11.8 Å². The molecule has 0 atom stereocenters. The number of nitrogens with one attached hydrogen (secondary N) is 2. The predicted octanol–water partition coefficient (Wildman–Crippen LogP) is 2.02. The lowest BCUT2D eigenvalue weighted by molar-refractivity contribution is 0.747. The molecule has 1 rings (SSSR count). The third-order valence-electron chi connectivity index (χ3n) is 2.19. The van der Waals surface area contributed by atoms with Crippen molar-refractivity contribution in [2.24, 2.45) is 0 Å². The van der Waals surface area contributed by atoms with E-state index in [4.69, 9.17) is 0 Å². The van der Waals surface area contributed by atoms with Gasteiger partial charge in [-0.1, -0.05) is 6.42 Å². The summed E-state index contributed by atoms with van der Waals surface area (Å²) in [6.45, 7) is 2.66. The molecule has 5 heteroatoms. The molecule has 1 aromatic heterocycles. The van der Waals surface area contributed by atoms with E-state index in [1.54, 1.807) is 6.92 Å². The first kappa shape index (κ1) is 13.1. The maximum atomic E-state index is 11.1. The molecule has 16 heavy (non-hydrogen) atoms. The van der Waals surface area contributed by atoms with Crippen LogP contribution in [0.4, 0.5) is 5.82 Å². The molecule has 0 radical (unpaired) electrons. The molecule has 0 spiro atoms. The van der Waals surface area contributed by atoms with Gasteiger partial charge in [-0.05, 0) is 31.8 Å². The number of anilines is 1. The molecule has 0 aromatic carbocycles. The van der Waals surface area contributed by atoms with Crippen LogP contribution in [0.15, 0.2) is 10.9 Å². The van der Waals surface area contributed by atoms with Gasteiger partial charge in [0.1, 0.15) is 11.6 Å². The molecule has 1 heterocycles. The number of rotatable bonds is 7. The number of thioether (sulfide) groups is 1. The molecule has 0 saturated carbocycles. The van der Waals surface area contributed by atoms with Crippen LogP contribution in [0.2, 0.25) is 0 Å². The quantitative estimate of drug-likeness (QED) is 0.717. The Bertz CT molecular complexity index is 364. The monoisotopic (exact) mass is 241 g/mol. The van der Waals surface area contributed by atoms with Crippen molar-refractivity contribution in [1.29, 1.82) is 0 Å². The van der Waals surface area contributed by atoms with Gasteiger partial charge in [0.05, 0.1) is 0 Å². The van der Waals surface area contributed by atoms with Crippen LogP contribution in [0, 0.1) is 6.92 Å². The number of nitrogens with zero attached hydrogens (tertiary/aromatic N) is 1. The van der Waals surface area contributed by atoms with Crippen LogP contribution in [0.25, 0.3) is 0 Å².